The van der Waals surface area contributed by atoms with Crippen molar-refractivity contribution in [2.75, 3.05) is 37.7 Å². The van der Waals surface area contributed by atoms with E-state index < -0.39 is 0 Å². The standard InChI is InChI=1S/C29H27N5O4S2/c1-16-7-5-9-18(11-16)27(35)31-19-10-6-8-17(12-19)21-15-39-28(33-21)25-26(30)34-29(40-25)32-20-13-22(36-2)24(38-4)23(14-20)37-3/h5-15H,30H2,1-4H3,(H,31,35)(H,32,34). The molecule has 0 unspecified atom stereocenters. The Morgan fingerprint density at radius 1 is 0.900 bits per heavy atom. The number of carbonyl (C=O) groups is 1. The van der Waals surface area contributed by atoms with Crippen LogP contribution in [0.3, 0.4) is 0 Å². The van der Waals surface area contributed by atoms with Crippen molar-refractivity contribution in [3.05, 3.63) is 77.2 Å². The first kappa shape index (κ1) is 27.0. The van der Waals surface area contributed by atoms with Crippen molar-refractivity contribution in [2.24, 2.45) is 0 Å². The number of ether oxygens (including phenoxy) is 3. The van der Waals surface area contributed by atoms with Gasteiger partial charge in [0.2, 0.25) is 5.75 Å². The highest BCUT2D eigenvalue weighted by Gasteiger charge is 2.18. The van der Waals surface area contributed by atoms with Crippen LogP contribution in [0.1, 0.15) is 15.9 Å². The Morgan fingerprint density at radius 3 is 2.35 bits per heavy atom. The third-order valence-electron chi connectivity index (χ3n) is 5.96. The summed E-state index contributed by atoms with van der Waals surface area (Å²) in [5, 5.41) is 9.54. The minimum Gasteiger partial charge on any atom is -0.493 e. The molecule has 4 N–H and O–H groups in total. The summed E-state index contributed by atoms with van der Waals surface area (Å²) >= 11 is 2.87. The molecule has 0 atom stereocenters. The zero-order valence-corrected chi connectivity index (χ0v) is 23.9. The van der Waals surface area contributed by atoms with Gasteiger partial charge in [0.05, 0.1) is 27.0 Å². The van der Waals surface area contributed by atoms with Crippen LogP contribution in [0.2, 0.25) is 0 Å². The van der Waals surface area contributed by atoms with Gasteiger partial charge in [-0.25, -0.2) is 9.97 Å². The molecular formula is C29H27N5O4S2. The van der Waals surface area contributed by atoms with E-state index in [1.54, 1.807) is 39.5 Å². The van der Waals surface area contributed by atoms with Gasteiger partial charge in [-0.2, -0.15) is 0 Å². The van der Waals surface area contributed by atoms with Gasteiger partial charge in [0.15, 0.2) is 16.6 Å². The summed E-state index contributed by atoms with van der Waals surface area (Å²) in [7, 11) is 4.68. The maximum atomic E-state index is 12.7. The van der Waals surface area contributed by atoms with E-state index in [1.165, 1.54) is 22.7 Å². The molecule has 40 heavy (non-hydrogen) atoms. The van der Waals surface area contributed by atoms with Crippen molar-refractivity contribution in [1.82, 2.24) is 9.97 Å². The molecule has 2 aromatic heterocycles. The van der Waals surface area contributed by atoms with E-state index in [4.69, 9.17) is 24.9 Å². The number of methoxy groups -OCH3 is 3. The molecule has 0 radical (unpaired) electrons. The molecule has 1 amide bonds. The molecule has 5 rings (SSSR count). The van der Waals surface area contributed by atoms with Crippen LogP contribution < -0.4 is 30.6 Å². The molecule has 0 aliphatic heterocycles. The van der Waals surface area contributed by atoms with Crippen LogP contribution in [0, 0.1) is 6.92 Å². The topological polar surface area (TPSA) is 121 Å². The van der Waals surface area contributed by atoms with Gasteiger partial charge in [-0.1, -0.05) is 41.2 Å². The number of nitrogens with one attached hydrogen (secondary N) is 2. The lowest BCUT2D eigenvalue weighted by molar-refractivity contribution is 0.102. The lowest BCUT2D eigenvalue weighted by atomic mass is 10.1. The molecular weight excluding hydrogens is 546 g/mol. The van der Waals surface area contributed by atoms with Gasteiger partial charge >= 0.3 is 0 Å². The number of aromatic nitrogens is 2. The highest BCUT2D eigenvalue weighted by molar-refractivity contribution is 7.23. The summed E-state index contributed by atoms with van der Waals surface area (Å²) in [6.45, 7) is 1.96. The van der Waals surface area contributed by atoms with Crippen LogP contribution >= 0.6 is 22.7 Å². The van der Waals surface area contributed by atoms with E-state index in [-0.39, 0.29) is 5.91 Å². The van der Waals surface area contributed by atoms with Crippen molar-refractivity contribution < 1.29 is 19.0 Å². The number of thiazole rings is 2. The lowest BCUT2D eigenvalue weighted by Gasteiger charge is -2.14. The van der Waals surface area contributed by atoms with Crippen LogP contribution in [0.15, 0.2) is 66.0 Å². The second-order valence-corrected chi connectivity index (χ2v) is 10.6. The van der Waals surface area contributed by atoms with E-state index in [9.17, 15) is 4.79 Å². The zero-order chi connectivity index (χ0) is 28.2. The van der Waals surface area contributed by atoms with Gasteiger partial charge in [-0.15, -0.1) is 11.3 Å². The number of carbonyl (C=O) groups excluding carboxylic acids is 1. The lowest BCUT2D eigenvalue weighted by Crippen LogP contribution is -2.11. The van der Waals surface area contributed by atoms with Crippen molar-refractivity contribution in [3.63, 3.8) is 0 Å². The van der Waals surface area contributed by atoms with Crippen molar-refractivity contribution in [2.45, 2.75) is 6.92 Å². The van der Waals surface area contributed by atoms with Gasteiger partial charge in [0.1, 0.15) is 15.7 Å². The fraction of sp³-hybridized carbons (Fsp3) is 0.138. The SMILES string of the molecule is COc1cc(Nc2nc(N)c(-c3nc(-c4cccc(NC(=O)c5cccc(C)c5)c4)cs3)s2)cc(OC)c1OC. The number of rotatable bonds is 9. The maximum absolute atomic E-state index is 12.7. The van der Waals surface area contributed by atoms with E-state index in [0.29, 0.717) is 45.1 Å². The van der Waals surface area contributed by atoms with Crippen LogP contribution in [0.5, 0.6) is 17.2 Å². The Morgan fingerprint density at radius 2 is 1.65 bits per heavy atom. The van der Waals surface area contributed by atoms with Gasteiger partial charge < -0.3 is 30.6 Å². The molecule has 0 bridgehead atoms. The smallest absolute Gasteiger partial charge is 0.255 e. The first-order chi connectivity index (χ1) is 19.4. The molecule has 9 nitrogen and oxygen atoms in total. The molecule has 0 aliphatic carbocycles. The minimum atomic E-state index is -0.163. The predicted molar refractivity (Wildman–Crippen MR) is 162 cm³/mol. The quantitative estimate of drug-likeness (QED) is 0.175. The van der Waals surface area contributed by atoms with Crippen LogP contribution in [-0.2, 0) is 0 Å². The summed E-state index contributed by atoms with van der Waals surface area (Å²) in [6, 6.07) is 18.7. The average Bonchev–Trinajstić information content (AvgIpc) is 3.59. The number of anilines is 4. The fourth-order valence-corrected chi connectivity index (χ4v) is 5.91. The van der Waals surface area contributed by atoms with Gasteiger partial charge in [-0.3, -0.25) is 4.79 Å². The van der Waals surface area contributed by atoms with E-state index in [2.05, 4.69) is 15.6 Å². The van der Waals surface area contributed by atoms with Gasteiger partial charge in [0, 0.05) is 40.0 Å². The first-order valence-electron chi connectivity index (χ1n) is 12.2. The summed E-state index contributed by atoms with van der Waals surface area (Å²) in [6.07, 6.45) is 0. The molecule has 11 heteroatoms. The van der Waals surface area contributed by atoms with E-state index >= 15 is 0 Å². The third-order valence-corrected chi connectivity index (χ3v) is 7.95. The Labute approximate surface area is 239 Å². The Hall–Kier alpha value is -4.61. The zero-order valence-electron chi connectivity index (χ0n) is 22.3. The molecule has 0 fully saturated rings. The number of benzene rings is 3. The summed E-state index contributed by atoms with van der Waals surface area (Å²) in [4.78, 5) is 22.8. The number of hydrogen-bond donors (Lipinski definition) is 3. The van der Waals surface area contributed by atoms with Gasteiger partial charge in [-0.05, 0) is 31.2 Å². The van der Waals surface area contributed by atoms with Crippen molar-refractivity contribution in [3.8, 4) is 38.4 Å². The largest absolute Gasteiger partial charge is 0.493 e. The average molecular weight is 574 g/mol. The summed E-state index contributed by atoms with van der Waals surface area (Å²) in [5.74, 6) is 1.76. The molecule has 3 aromatic carbocycles. The van der Waals surface area contributed by atoms with Crippen molar-refractivity contribution in [1.29, 1.82) is 0 Å². The van der Waals surface area contributed by atoms with Crippen LogP contribution in [-0.4, -0.2) is 37.2 Å². The minimum absolute atomic E-state index is 0.163. The Kier molecular flexibility index (Phi) is 7.85. The number of nitrogens with two attached hydrogens (primary N) is 1. The molecule has 0 aliphatic rings. The summed E-state index contributed by atoms with van der Waals surface area (Å²) < 4.78 is 16.3. The van der Waals surface area contributed by atoms with Gasteiger partial charge in [0.25, 0.3) is 5.91 Å². The number of nitrogens with zero attached hydrogens (tertiary/aromatic N) is 2. The molecule has 0 saturated carbocycles. The molecule has 2 heterocycles. The van der Waals surface area contributed by atoms with E-state index in [0.717, 1.165) is 26.7 Å². The van der Waals surface area contributed by atoms with Crippen LogP contribution in [0.25, 0.3) is 21.1 Å². The number of amides is 1. The second kappa shape index (κ2) is 11.6. The number of aryl methyl sites for hydroxylation is 1. The highest BCUT2D eigenvalue weighted by atomic mass is 32.1. The Bertz CT molecular complexity index is 1660. The number of nitrogen functional groups attached to an aromatic ring is 1. The van der Waals surface area contributed by atoms with Crippen molar-refractivity contribution >= 4 is 50.9 Å². The molecule has 0 saturated heterocycles. The molecule has 204 valence electrons. The normalized spacial score (nSPS) is 10.7. The van der Waals surface area contributed by atoms with E-state index in [1.807, 2.05) is 54.8 Å². The first-order valence-corrected chi connectivity index (χ1v) is 13.9. The Balaban J connectivity index is 1.35. The third kappa shape index (κ3) is 5.70. The molecule has 5 aromatic rings. The summed E-state index contributed by atoms with van der Waals surface area (Å²) in [5.41, 5.74) is 11.0. The van der Waals surface area contributed by atoms with Crippen LogP contribution in [0.4, 0.5) is 22.3 Å². The fourth-order valence-electron chi connectivity index (χ4n) is 4.07. The second-order valence-electron chi connectivity index (χ2n) is 8.71. The highest BCUT2D eigenvalue weighted by Crippen LogP contribution is 2.43. The predicted octanol–water partition coefficient (Wildman–Crippen LogP) is 6.85. The maximum Gasteiger partial charge on any atom is 0.255 e. The monoisotopic (exact) mass is 573 g/mol. The number of hydrogen-bond acceptors (Lipinski definition) is 10. The molecule has 0 spiro atoms.